The molecule has 0 radical (unpaired) electrons. The molecule has 2 aromatic carbocycles. The second kappa shape index (κ2) is 9.32. The third-order valence-corrected chi connectivity index (χ3v) is 3.63. The van der Waals surface area contributed by atoms with Gasteiger partial charge in [0.2, 0.25) is 0 Å². The molecule has 0 aromatic heterocycles. The average Bonchev–Trinajstić information content (AvgIpc) is 2.61. The van der Waals surface area contributed by atoms with Crippen LogP contribution in [-0.2, 0) is 21.0 Å². The molecule has 0 aliphatic carbocycles. The van der Waals surface area contributed by atoms with E-state index in [2.05, 4.69) is 12.1 Å². The number of hydroxylamine groups is 1. The Hall–Kier alpha value is -2.43. The van der Waals surface area contributed by atoms with Crippen molar-refractivity contribution in [2.75, 3.05) is 0 Å². The highest BCUT2D eigenvalue weighted by molar-refractivity contribution is 5.79. The van der Waals surface area contributed by atoms with Crippen LogP contribution in [0.25, 0.3) is 5.57 Å². The molecule has 4 nitrogen and oxygen atoms in total. The molecule has 0 aliphatic heterocycles. The number of benzene rings is 2. The van der Waals surface area contributed by atoms with E-state index in [1.807, 2.05) is 81.4 Å². The van der Waals surface area contributed by atoms with E-state index < -0.39 is 11.6 Å². The second-order valence-electron chi connectivity index (χ2n) is 7.15. The van der Waals surface area contributed by atoms with Crippen LogP contribution in [-0.4, -0.2) is 17.6 Å². The molecule has 0 bridgehead atoms. The lowest BCUT2D eigenvalue weighted by Gasteiger charge is -2.25. The summed E-state index contributed by atoms with van der Waals surface area (Å²) in [7, 11) is 0. The quantitative estimate of drug-likeness (QED) is 0.560. The molecular weight excluding hydrogens is 326 g/mol. The number of hydrogen-bond acceptors (Lipinski definition) is 4. The topological polar surface area (TPSA) is 47.6 Å². The van der Waals surface area contributed by atoms with Crippen molar-refractivity contribution < 1.29 is 14.4 Å². The number of carbonyl (C=O) groups excluding carboxylic acids is 1. The first-order valence-electron chi connectivity index (χ1n) is 8.72. The molecule has 138 valence electrons. The van der Waals surface area contributed by atoms with Crippen LogP contribution in [0.5, 0.6) is 0 Å². The summed E-state index contributed by atoms with van der Waals surface area (Å²) in [5.41, 5.74) is 5.15. The zero-order valence-corrected chi connectivity index (χ0v) is 15.7. The maximum absolute atomic E-state index is 12.6. The summed E-state index contributed by atoms with van der Waals surface area (Å²) < 4.78 is 5.52. The minimum absolute atomic E-state index is 0.359. The van der Waals surface area contributed by atoms with E-state index in [4.69, 9.17) is 9.57 Å². The van der Waals surface area contributed by atoms with Crippen molar-refractivity contribution in [2.24, 2.45) is 0 Å². The van der Waals surface area contributed by atoms with Crippen LogP contribution in [0.15, 0.2) is 67.2 Å². The Labute approximate surface area is 155 Å². The molecule has 1 N–H and O–H groups in total. The van der Waals surface area contributed by atoms with Gasteiger partial charge in [-0.3, -0.25) is 9.63 Å². The molecule has 2 rings (SSSR count). The molecule has 0 amide bonds. The fourth-order valence-corrected chi connectivity index (χ4v) is 2.38. The van der Waals surface area contributed by atoms with Crippen LogP contribution in [0.3, 0.4) is 0 Å². The lowest BCUT2D eigenvalue weighted by atomic mass is 10.0. The first kappa shape index (κ1) is 19.9. The van der Waals surface area contributed by atoms with Gasteiger partial charge in [0.25, 0.3) is 0 Å². The van der Waals surface area contributed by atoms with Crippen LogP contribution < -0.4 is 5.48 Å². The van der Waals surface area contributed by atoms with Gasteiger partial charge in [0, 0.05) is 6.42 Å². The molecule has 0 spiro atoms. The Morgan fingerprint density at radius 2 is 1.62 bits per heavy atom. The average molecular weight is 353 g/mol. The highest BCUT2D eigenvalue weighted by Crippen LogP contribution is 2.20. The summed E-state index contributed by atoms with van der Waals surface area (Å²) in [5.74, 6) is -0.359. The lowest BCUT2D eigenvalue weighted by molar-refractivity contribution is -0.162. The van der Waals surface area contributed by atoms with E-state index in [0.717, 1.165) is 16.7 Å². The van der Waals surface area contributed by atoms with Crippen LogP contribution in [0, 0.1) is 0 Å². The highest BCUT2D eigenvalue weighted by atomic mass is 16.7. The van der Waals surface area contributed by atoms with Crippen molar-refractivity contribution in [3.8, 4) is 0 Å². The van der Waals surface area contributed by atoms with Crippen molar-refractivity contribution in [1.29, 1.82) is 0 Å². The van der Waals surface area contributed by atoms with Gasteiger partial charge in [-0.2, -0.15) is 5.48 Å². The Balaban J connectivity index is 2.01. The highest BCUT2D eigenvalue weighted by Gasteiger charge is 2.26. The van der Waals surface area contributed by atoms with Gasteiger partial charge < -0.3 is 4.74 Å². The Morgan fingerprint density at radius 1 is 1.04 bits per heavy atom. The molecule has 0 unspecified atom stereocenters. The van der Waals surface area contributed by atoms with Crippen molar-refractivity contribution in [1.82, 2.24) is 5.48 Å². The van der Waals surface area contributed by atoms with E-state index in [-0.39, 0.29) is 5.97 Å². The lowest BCUT2D eigenvalue weighted by Crippen LogP contribution is -2.41. The number of hydrogen-bond donors (Lipinski definition) is 1. The number of carbonyl (C=O) groups is 1. The summed E-state index contributed by atoms with van der Waals surface area (Å²) in [5, 5.41) is 0. The van der Waals surface area contributed by atoms with E-state index in [9.17, 15) is 4.79 Å². The Kier molecular flexibility index (Phi) is 7.13. The van der Waals surface area contributed by atoms with Gasteiger partial charge in [0.15, 0.2) is 0 Å². The summed E-state index contributed by atoms with van der Waals surface area (Å²) in [6, 6.07) is 18.9. The number of nitrogens with one attached hydrogen (secondary N) is 1. The van der Waals surface area contributed by atoms with E-state index in [1.165, 1.54) is 0 Å². The molecular formula is C22H27NO3. The maximum Gasteiger partial charge on any atom is 0.326 e. The summed E-state index contributed by atoms with van der Waals surface area (Å²) in [6.07, 6.45) is 0.397. The summed E-state index contributed by atoms with van der Waals surface area (Å²) in [6.45, 7) is 10.0. The second-order valence-corrected chi connectivity index (χ2v) is 7.15. The molecule has 0 fully saturated rings. The predicted octanol–water partition coefficient (Wildman–Crippen LogP) is 4.52. The first-order chi connectivity index (χ1) is 12.3. The Bertz CT molecular complexity index is 705. The minimum atomic E-state index is -0.634. The third-order valence-electron chi connectivity index (χ3n) is 3.63. The molecule has 0 aliphatic rings. The predicted molar refractivity (Wildman–Crippen MR) is 104 cm³/mol. The largest absolute Gasteiger partial charge is 0.459 e. The normalized spacial score (nSPS) is 12.4. The fourth-order valence-electron chi connectivity index (χ4n) is 2.38. The molecule has 4 heteroatoms. The smallest absolute Gasteiger partial charge is 0.326 e. The summed E-state index contributed by atoms with van der Waals surface area (Å²) >= 11 is 0. The monoisotopic (exact) mass is 353 g/mol. The van der Waals surface area contributed by atoms with Crippen LogP contribution in [0.1, 0.15) is 38.3 Å². The maximum atomic E-state index is 12.6. The number of esters is 1. The minimum Gasteiger partial charge on any atom is -0.459 e. The van der Waals surface area contributed by atoms with E-state index >= 15 is 0 Å². The molecule has 2 aromatic rings. The van der Waals surface area contributed by atoms with Gasteiger partial charge in [-0.15, -0.1) is 0 Å². The molecule has 26 heavy (non-hydrogen) atoms. The number of rotatable bonds is 8. The fraction of sp³-hybridized carbons (Fsp3) is 0.318. The van der Waals surface area contributed by atoms with Crippen molar-refractivity contribution in [3.05, 3.63) is 78.4 Å². The number of ether oxygens (including phenoxy) is 1. The SMILES string of the molecule is C=C(C[C@H](NOCc1ccccc1)C(=O)OC(C)(C)C)c1ccccc1. The first-order valence-corrected chi connectivity index (χ1v) is 8.72. The van der Waals surface area contributed by atoms with E-state index in [1.54, 1.807) is 0 Å². The van der Waals surface area contributed by atoms with Gasteiger partial charge in [-0.25, -0.2) is 0 Å². The molecule has 0 heterocycles. The zero-order chi connectivity index (χ0) is 19.0. The summed E-state index contributed by atoms with van der Waals surface area (Å²) in [4.78, 5) is 18.1. The van der Waals surface area contributed by atoms with Crippen molar-refractivity contribution in [2.45, 2.75) is 45.4 Å². The van der Waals surface area contributed by atoms with Crippen molar-refractivity contribution >= 4 is 11.5 Å². The van der Waals surface area contributed by atoms with Gasteiger partial charge >= 0.3 is 5.97 Å². The molecule has 0 saturated heterocycles. The Morgan fingerprint density at radius 3 is 2.19 bits per heavy atom. The van der Waals surface area contributed by atoms with Gasteiger partial charge in [0.05, 0.1) is 6.61 Å². The molecule has 0 saturated carbocycles. The van der Waals surface area contributed by atoms with Gasteiger partial charge in [-0.05, 0) is 37.5 Å². The van der Waals surface area contributed by atoms with Crippen molar-refractivity contribution in [3.63, 3.8) is 0 Å². The standard InChI is InChI=1S/C22H27NO3/c1-17(19-13-9-6-10-14-19)15-20(21(24)26-22(2,3)4)23-25-16-18-11-7-5-8-12-18/h5-14,20,23H,1,15-16H2,2-4H3/t20-/m0/s1. The van der Waals surface area contributed by atoms with Gasteiger partial charge in [0.1, 0.15) is 11.6 Å². The van der Waals surface area contributed by atoms with Crippen LogP contribution in [0.4, 0.5) is 0 Å². The zero-order valence-electron chi connectivity index (χ0n) is 15.7. The third kappa shape index (κ3) is 6.82. The molecule has 1 atom stereocenters. The van der Waals surface area contributed by atoms with Gasteiger partial charge in [-0.1, -0.05) is 67.2 Å². The van der Waals surface area contributed by atoms with Crippen LogP contribution >= 0.6 is 0 Å². The van der Waals surface area contributed by atoms with E-state index in [0.29, 0.717) is 13.0 Å². The van der Waals surface area contributed by atoms with Crippen LogP contribution in [0.2, 0.25) is 0 Å².